The Morgan fingerprint density at radius 1 is 0.543 bits per heavy atom. The van der Waals surface area contributed by atoms with Gasteiger partial charge in [-0.1, -0.05) is 0 Å². The lowest BCUT2D eigenvalue weighted by atomic mass is 10.3. The lowest BCUT2D eigenvalue weighted by molar-refractivity contribution is 0.461. The maximum absolute atomic E-state index is 12.0. The number of hydrogen-bond acceptors (Lipinski definition) is 4. The molecule has 4 nitrogen and oxygen atoms in total. The summed E-state index contributed by atoms with van der Waals surface area (Å²) >= 11 is 13.3. The van der Waals surface area contributed by atoms with Gasteiger partial charge in [-0.15, -0.1) is 0 Å². The van der Waals surface area contributed by atoms with Crippen LogP contribution in [0.25, 0.3) is 0 Å². The van der Waals surface area contributed by atoms with Gasteiger partial charge in [-0.3, -0.25) is 0 Å². The Morgan fingerprint density at radius 3 is 1.31 bits per heavy atom. The topological polar surface area (TPSA) is 69.9 Å². The highest BCUT2D eigenvalue weighted by Gasteiger charge is 2.09. The number of phenols is 3. The molecule has 4 rings (SSSR count). The van der Waals surface area contributed by atoms with Gasteiger partial charge in [0, 0.05) is 7.14 Å². The second kappa shape index (κ2) is 15.7. The fraction of sp³-hybridized carbons (Fsp3) is 0. The summed E-state index contributed by atoms with van der Waals surface area (Å²) in [5, 5.41) is 27.1. The van der Waals surface area contributed by atoms with E-state index in [4.69, 9.17) is 9.84 Å². The molecular formula is C24H15FI6O4. The molecule has 0 radical (unpaired) electrons. The molecule has 0 saturated heterocycles. The molecule has 0 aliphatic rings. The summed E-state index contributed by atoms with van der Waals surface area (Å²) in [6.07, 6.45) is 0. The number of aromatic hydroxyl groups is 3. The average Bonchev–Trinajstić information content (AvgIpc) is 2.78. The van der Waals surface area contributed by atoms with Gasteiger partial charge in [0.25, 0.3) is 0 Å². The molecule has 0 unspecified atom stereocenters. The second-order valence-electron chi connectivity index (χ2n) is 6.49. The Balaban J connectivity index is 0.000000204. The summed E-state index contributed by atoms with van der Waals surface area (Å²) in [7, 11) is 0. The number of phenolic OH excluding ortho intramolecular Hbond substituents is 3. The molecule has 0 aromatic heterocycles. The summed E-state index contributed by atoms with van der Waals surface area (Å²) in [4.78, 5) is 0. The van der Waals surface area contributed by atoms with Crippen LogP contribution >= 0.6 is 136 Å². The third kappa shape index (κ3) is 11.3. The predicted molar refractivity (Wildman–Crippen MR) is 187 cm³/mol. The van der Waals surface area contributed by atoms with Crippen molar-refractivity contribution in [3.05, 3.63) is 100 Å². The smallest absolute Gasteiger partial charge is 0.154 e. The molecule has 11 heteroatoms. The largest absolute Gasteiger partial charge is 0.508 e. The van der Waals surface area contributed by atoms with Gasteiger partial charge in [-0.2, -0.15) is 0 Å². The van der Waals surface area contributed by atoms with E-state index in [1.807, 2.05) is 12.1 Å². The van der Waals surface area contributed by atoms with E-state index in [2.05, 4.69) is 148 Å². The number of rotatable bonds is 2. The first-order chi connectivity index (χ1) is 16.5. The Morgan fingerprint density at radius 2 is 0.914 bits per heavy atom. The second-order valence-corrected chi connectivity index (χ2v) is 13.6. The van der Waals surface area contributed by atoms with Crippen molar-refractivity contribution in [1.29, 1.82) is 0 Å². The highest BCUT2D eigenvalue weighted by Crippen LogP contribution is 2.33. The Bertz CT molecular complexity index is 1200. The van der Waals surface area contributed by atoms with Crippen LogP contribution in [0.15, 0.2) is 72.8 Å². The van der Waals surface area contributed by atoms with Crippen molar-refractivity contribution < 1.29 is 24.4 Å². The lowest BCUT2D eigenvalue weighted by Crippen LogP contribution is -1.91. The van der Waals surface area contributed by atoms with Crippen LogP contribution in [0.3, 0.4) is 0 Å². The molecule has 0 bridgehead atoms. The minimum Gasteiger partial charge on any atom is -0.508 e. The molecule has 0 saturated carbocycles. The molecule has 0 spiro atoms. The molecule has 184 valence electrons. The maximum atomic E-state index is 12.0. The maximum Gasteiger partial charge on any atom is 0.154 e. The van der Waals surface area contributed by atoms with Crippen molar-refractivity contribution in [3.8, 4) is 28.7 Å². The van der Waals surface area contributed by atoms with Crippen LogP contribution in [0.1, 0.15) is 0 Å². The standard InChI is InChI=1S/C12H7I3O2.C6H5FO.C6H3I3O/c13-7-5-10(14)12(11(15)6-7)17-9-3-1-8(16)2-4-9;7-5-1-3-6(8)4-2-5;7-3-1-4(8)6(10)5(9)2-3/h1-6,16H;1-4,8H;1-2,10H. The number of ether oxygens (including phenoxy) is 1. The van der Waals surface area contributed by atoms with Crippen LogP contribution in [0.2, 0.25) is 0 Å². The van der Waals surface area contributed by atoms with E-state index in [0.717, 1.165) is 29.3 Å². The van der Waals surface area contributed by atoms with Crippen molar-refractivity contribution in [2.75, 3.05) is 0 Å². The molecule has 0 aliphatic carbocycles. The highest BCUT2D eigenvalue weighted by atomic mass is 127. The first-order valence-corrected chi connectivity index (χ1v) is 15.8. The van der Waals surface area contributed by atoms with Crippen molar-refractivity contribution in [3.63, 3.8) is 0 Å². The third-order valence-electron chi connectivity index (χ3n) is 3.83. The van der Waals surface area contributed by atoms with Gasteiger partial charge in [-0.05, 0) is 208 Å². The first-order valence-electron chi connectivity index (χ1n) is 9.35. The zero-order valence-corrected chi connectivity index (χ0v) is 30.3. The average molecular weight is 1150 g/mol. The van der Waals surface area contributed by atoms with Gasteiger partial charge in [0.05, 0.1) is 14.3 Å². The zero-order valence-electron chi connectivity index (χ0n) is 17.3. The summed E-state index contributed by atoms with van der Waals surface area (Å²) < 4.78 is 24.1. The van der Waals surface area contributed by atoms with Crippen LogP contribution in [0.5, 0.6) is 28.7 Å². The van der Waals surface area contributed by atoms with Crippen molar-refractivity contribution in [1.82, 2.24) is 0 Å². The van der Waals surface area contributed by atoms with E-state index in [1.54, 1.807) is 24.3 Å². The molecule has 0 heterocycles. The minimum absolute atomic E-state index is 0.0893. The molecular weight excluding hydrogens is 1130 g/mol. The van der Waals surface area contributed by atoms with Crippen LogP contribution in [-0.4, -0.2) is 15.3 Å². The Labute approximate surface area is 284 Å². The molecule has 0 atom stereocenters. The van der Waals surface area contributed by atoms with Crippen molar-refractivity contribution >= 4 is 136 Å². The normalized spacial score (nSPS) is 9.91. The van der Waals surface area contributed by atoms with E-state index in [0.29, 0.717) is 5.75 Å². The Kier molecular flexibility index (Phi) is 14.2. The fourth-order valence-electron chi connectivity index (χ4n) is 2.23. The molecule has 4 aromatic carbocycles. The third-order valence-corrected chi connectivity index (χ3v) is 8.32. The van der Waals surface area contributed by atoms with Crippen molar-refractivity contribution in [2.45, 2.75) is 0 Å². The molecule has 3 N–H and O–H groups in total. The highest BCUT2D eigenvalue weighted by molar-refractivity contribution is 14.1. The van der Waals surface area contributed by atoms with Crippen LogP contribution in [0.4, 0.5) is 4.39 Å². The summed E-state index contributed by atoms with van der Waals surface area (Å²) in [5.41, 5.74) is 0. The number of hydrogen-bond donors (Lipinski definition) is 3. The first kappa shape index (κ1) is 31.6. The van der Waals surface area contributed by atoms with Crippen molar-refractivity contribution in [2.24, 2.45) is 0 Å². The predicted octanol–water partition coefficient (Wildman–Crippen LogP) is 9.74. The van der Waals surface area contributed by atoms with Gasteiger partial charge in [0.2, 0.25) is 0 Å². The van der Waals surface area contributed by atoms with E-state index in [9.17, 15) is 14.6 Å². The van der Waals surface area contributed by atoms with Crippen LogP contribution in [0, 0.1) is 27.2 Å². The lowest BCUT2D eigenvalue weighted by Gasteiger charge is -2.10. The number of halogens is 7. The van der Waals surface area contributed by atoms with E-state index < -0.39 is 0 Å². The minimum atomic E-state index is -0.331. The summed E-state index contributed by atoms with van der Waals surface area (Å²) in [6.45, 7) is 0. The van der Waals surface area contributed by atoms with E-state index in [1.165, 1.54) is 27.8 Å². The SMILES string of the molecule is Oc1c(I)cc(I)cc1I.Oc1ccc(F)cc1.Oc1ccc(Oc2c(I)cc(I)cc2I)cc1. The van der Waals surface area contributed by atoms with Gasteiger partial charge in [0.15, 0.2) is 5.75 Å². The molecule has 0 aliphatic heterocycles. The summed E-state index contributed by atoms with van der Waals surface area (Å²) in [5.74, 6) is 1.97. The summed E-state index contributed by atoms with van der Waals surface area (Å²) in [6, 6.07) is 19.8. The van der Waals surface area contributed by atoms with Crippen LogP contribution < -0.4 is 4.74 Å². The molecule has 4 aromatic rings. The monoisotopic (exact) mass is 1150 g/mol. The van der Waals surface area contributed by atoms with Gasteiger partial charge in [0.1, 0.15) is 28.8 Å². The molecule has 0 amide bonds. The van der Waals surface area contributed by atoms with Gasteiger partial charge >= 0.3 is 0 Å². The molecule has 35 heavy (non-hydrogen) atoms. The fourth-order valence-corrected chi connectivity index (χ4v) is 9.62. The van der Waals surface area contributed by atoms with Gasteiger partial charge < -0.3 is 20.1 Å². The number of benzene rings is 4. The molecule has 0 fully saturated rings. The van der Waals surface area contributed by atoms with E-state index >= 15 is 0 Å². The zero-order chi connectivity index (χ0) is 26.1. The van der Waals surface area contributed by atoms with E-state index in [-0.39, 0.29) is 17.3 Å². The Hall–Kier alpha value is 0.390. The van der Waals surface area contributed by atoms with Crippen LogP contribution in [-0.2, 0) is 0 Å². The quantitative estimate of drug-likeness (QED) is 0.175. The van der Waals surface area contributed by atoms with Gasteiger partial charge in [-0.25, -0.2) is 4.39 Å².